The first-order valence-electron chi connectivity index (χ1n) is 7.39. The van der Waals surface area contributed by atoms with Gasteiger partial charge in [0.1, 0.15) is 0 Å². The van der Waals surface area contributed by atoms with Crippen LogP contribution in [-0.2, 0) is 0 Å². The number of hydrogen-bond acceptors (Lipinski definition) is 4. The summed E-state index contributed by atoms with van der Waals surface area (Å²) >= 11 is 13.7. The fourth-order valence-electron chi connectivity index (χ4n) is 2.30. The summed E-state index contributed by atoms with van der Waals surface area (Å²) in [5.41, 5.74) is 1.54. The molecule has 3 rings (SSSR count). The highest BCUT2D eigenvalue weighted by atomic mass is 35.5. The van der Waals surface area contributed by atoms with Crippen molar-refractivity contribution in [2.24, 2.45) is 0 Å². The Kier molecular flexibility index (Phi) is 4.93. The highest BCUT2D eigenvalue weighted by molar-refractivity contribution is 7.15. The summed E-state index contributed by atoms with van der Waals surface area (Å²) < 4.78 is 1.65. The largest absolute Gasteiger partial charge is 0.325 e. The van der Waals surface area contributed by atoms with E-state index < -0.39 is 0 Å². The summed E-state index contributed by atoms with van der Waals surface area (Å²) in [6.07, 6.45) is 0. The second-order valence-corrected chi connectivity index (χ2v) is 6.66. The molecule has 6 nitrogen and oxygen atoms in total. The van der Waals surface area contributed by atoms with Crippen LogP contribution in [0.1, 0.15) is 13.8 Å². The Bertz CT molecular complexity index is 887. The third-order valence-electron chi connectivity index (χ3n) is 3.56. The molecule has 2 amide bonds. The zero-order chi connectivity index (χ0) is 17.3. The van der Waals surface area contributed by atoms with Gasteiger partial charge in [0.25, 0.3) is 5.95 Å². The average molecular weight is 384 g/mol. The monoisotopic (exact) mass is 383 g/mol. The topological polar surface area (TPSA) is 62.5 Å². The fourth-order valence-corrected chi connectivity index (χ4v) is 3.51. The number of aromatic nitrogens is 3. The van der Waals surface area contributed by atoms with Crippen LogP contribution in [0.25, 0.3) is 16.2 Å². The van der Waals surface area contributed by atoms with Crippen LogP contribution < -0.4 is 5.32 Å². The van der Waals surface area contributed by atoms with Crippen molar-refractivity contribution in [2.75, 3.05) is 18.4 Å². The van der Waals surface area contributed by atoms with Crippen LogP contribution in [0.2, 0.25) is 10.0 Å². The number of hydrogen-bond donors (Lipinski definition) is 1. The first kappa shape index (κ1) is 17.0. The zero-order valence-corrected chi connectivity index (χ0v) is 15.4. The summed E-state index contributed by atoms with van der Waals surface area (Å²) in [6, 6.07) is 5.03. The van der Waals surface area contributed by atoms with E-state index in [9.17, 15) is 4.79 Å². The molecular formula is C15H15Cl2N5OS. The van der Waals surface area contributed by atoms with Crippen molar-refractivity contribution in [3.63, 3.8) is 0 Å². The van der Waals surface area contributed by atoms with E-state index in [2.05, 4.69) is 15.4 Å². The molecule has 0 bridgehead atoms. The van der Waals surface area contributed by atoms with Crippen LogP contribution in [-0.4, -0.2) is 38.6 Å². The Morgan fingerprint density at radius 2 is 2.08 bits per heavy atom. The summed E-state index contributed by atoms with van der Waals surface area (Å²) in [4.78, 5) is 18.8. The summed E-state index contributed by atoms with van der Waals surface area (Å²) in [7, 11) is 0. The number of carbonyl (C=O) groups is 1. The maximum Gasteiger partial charge on any atom is 0.324 e. The number of nitrogens with one attached hydrogen (secondary N) is 1. The Morgan fingerprint density at radius 1 is 1.33 bits per heavy atom. The van der Waals surface area contributed by atoms with Gasteiger partial charge in [-0.2, -0.15) is 4.98 Å². The highest BCUT2D eigenvalue weighted by Crippen LogP contribution is 2.33. The molecule has 0 unspecified atom stereocenters. The van der Waals surface area contributed by atoms with Gasteiger partial charge in [0.15, 0.2) is 0 Å². The molecule has 2 heterocycles. The molecular weight excluding hydrogens is 369 g/mol. The van der Waals surface area contributed by atoms with Gasteiger partial charge in [0.2, 0.25) is 4.96 Å². The molecule has 0 atom stereocenters. The molecule has 0 saturated heterocycles. The normalized spacial score (nSPS) is 11.0. The lowest BCUT2D eigenvalue weighted by Crippen LogP contribution is -2.34. The fraction of sp³-hybridized carbons (Fsp3) is 0.267. The van der Waals surface area contributed by atoms with Gasteiger partial charge in [-0.15, -0.1) is 16.4 Å². The van der Waals surface area contributed by atoms with Crippen molar-refractivity contribution in [2.45, 2.75) is 13.8 Å². The lowest BCUT2D eigenvalue weighted by Gasteiger charge is -2.17. The van der Waals surface area contributed by atoms with E-state index in [1.54, 1.807) is 27.6 Å². The second kappa shape index (κ2) is 6.96. The maximum absolute atomic E-state index is 12.1. The average Bonchev–Trinajstić information content (AvgIpc) is 3.11. The summed E-state index contributed by atoms with van der Waals surface area (Å²) in [5.74, 6) is 0.262. The number of amides is 2. The van der Waals surface area contributed by atoms with E-state index in [0.29, 0.717) is 28.1 Å². The lowest BCUT2D eigenvalue weighted by molar-refractivity contribution is 0.217. The van der Waals surface area contributed by atoms with Gasteiger partial charge in [0.05, 0.1) is 10.7 Å². The van der Waals surface area contributed by atoms with Crippen LogP contribution in [0.4, 0.5) is 10.7 Å². The van der Waals surface area contributed by atoms with E-state index in [-0.39, 0.29) is 12.0 Å². The number of rotatable bonds is 4. The Labute approximate surface area is 153 Å². The van der Waals surface area contributed by atoms with Crippen molar-refractivity contribution in [3.05, 3.63) is 33.6 Å². The molecule has 0 radical (unpaired) electrons. The number of benzene rings is 1. The number of carbonyl (C=O) groups excluding carboxylic acids is 1. The molecule has 24 heavy (non-hydrogen) atoms. The maximum atomic E-state index is 12.1. The molecule has 126 valence electrons. The minimum Gasteiger partial charge on any atom is -0.325 e. The minimum atomic E-state index is -0.222. The molecule has 2 aromatic heterocycles. The number of urea groups is 1. The van der Waals surface area contributed by atoms with Crippen molar-refractivity contribution in [1.29, 1.82) is 0 Å². The molecule has 0 saturated carbocycles. The quantitative estimate of drug-likeness (QED) is 0.713. The van der Waals surface area contributed by atoms with Gasteiger partial charge in [0, 0.05) is 29.1 Å². The van der Waals surface area contributed by atoms with Gasteiger partial charge in [-0.3, -0.25) is 5.32 Å². The summed E-state index contributed by atoms with van der Waals surface area (Å²) in [5, 5.41) is 10.1. The van der Waals surface area contributed by atoms with E-state index in [1.165, 1.54) is 11.3 Å². The smallest absolute Gasteiger partial charge is 0.324 e. The Balaban J connectivity index is 1.95. The minimum absolute atomic E-state index is 0.222. The predicted molar refractivity (Wildman–Crippen MR) is 98.3 cm³/mol. The first-order valence-corrected chi connectivity index (χ1v) is 9.02. The molecule has 0 fully saturated rings. The van der Waals surface area contributed by atoms with Crippen molar-refractivity contribution in [1.82, 2.24) is 19.5 Å². The second-order valence-electron chi connectivity index (χ2n) is 4.98. The van der Waals surface area contributed by atoms with Crippen molar-refractivity contribution < 1.29 is 4.79 Å². The zero-order valence-electron chi connectivity index (χ0n) is 13.1. The van der Waals surface area contributed by atoms with E-state index in [4.69, 9.17) is 23.2 Å². The van der Waals surface area contributed by atoms with Crippen molar-refractivity contribution >= 4 is 51.5 Å². The van der Waals surface area contributed by atoms with Gasteiger partial charge in [-0.05, 0) is 32.0 Å². The Hall–Kier alpha value is -1.83. The number of anilines is 1. The third-order valence-corrected chi connectivity index (χ3v) is 4.94. The number of nitrogens with zero attached hydrogens (tertiary/aromatic N) is 4. The van der Waals surface area contributed by atoms with Gasteiger partial charge in [-0.1, -0.05) is 23.2 Å². The lowest BCUT2D eigenvalue weighted by atomic mass is 10.2. The number of fused-ring (bicyclic) bond motifs is 1. The van der Waals surface area contributed by atoms with Gasteiger partial charge < -0.3 is 4.90 Å². The van der Waals surface area contributed by atoms with Crippen molar-refractivity contribution in [3.8, 4) is 11.3 Å². The van der Waals surface area contributed by atoms with Crippen LogP contribution >= 0.6 is 34.5 Å². The third kappa shape index (κ3) is 3.19. The molecule has 3 aromatic rings. The van der Waals surface area contributed by atoms with Gasteiger partial charge in [-0.25, -0.2) is 9.31 Å². The molecule has 1 aromatic carbocycles. The molecule has 0 spiro atoms. The van der Waals surface area contributed by atoms with Crippen LogP contribution in [0.15, 0.2) is 23.6 Å². The standard InChI is InChI=1S/C15H15Cl2N5OS/c1-3-21(4-2)14(23)18-13-19-15-22(20-13)12(8-24-15)10-7-9(16)5-6-11(10)17/h5-8H,3-4H2,1-2H3,(H,18,20,23). The molecule has 1 N–H and O–H groups in total. The van der Waals surface area contributed by atoms with Gasteiger partial charge >= 0.3 is 6.03 Å². The predicted octanol–water partition coefficient (Wildman–Crippen LogP) is 4.64. The van der Waals surface area contributed by atoms with E-state index in [0.717, 1.165) is 11.3 Å². The molecule has 0 aliphatic rings. The SMILES string of the molecule is CCN(CC)C(=O)Nc1nc2scc(-c3cc(Cl)ccc3Cl)n2n1. The molecule has 0 aliphatic heterocycles. The summed E-state index contributed by atoms with van der Waals surface area (Å²) in [6.45, 7) is 5.07. The number of halogens is 2. The van der Waals surface area contributed by atoms with E-state index >= 15 is 0 Å². The number of thiazole rings is 1. The van der Waals surface area contributed by atoms with E-state index in [1.807, 2.05) is 19.2 Å². The molecule has 0 aliphatic carbocycles. The first-order chi connectivity index (χ1) is 11.5. The molecule has 9 heteroatoms. The highest BCUT2D eigenvalue weighted by Gasteiger charge is 2.17. The van der Waals surface area contributed by atoms with Crippen LogP contribution in [0.5, 0.6) is 0 Å². The Morgan fingerprint density at radius 3 is 2.79 bits per heavy atom. The van der Waals surface area contributed by atoms with Crippen LogP contribution in [0.3, 0.4) is 0 Å². The van der Waals surface area contributed by atoms with Crippen LogP contribution in [0, 0.1) is 0 Å².